The summed E-state index contributed by atoms with van der Waals surface area (Å²) in [4.78, 5) is 0. The molecule has 0 radical (unpaired) electrons. The van der Waals surface area contributed by atoms with Gasteiger partial charge in [0.25, 0.3) is 0 Å². The predicted molar refractivity (Wildman–Crippen MR) is 65.2 cm³/mol. The number of benzene rings is 1. The van der Waals surface area contributed by atoms with E-state index in [0.717, 1.165) is 0 Å². The Kier molecular flexibility index (Phi) is 2.89. The van der Waals surface area contributed by atoms with E-state index in [1.807, 2.05) is 0 Å². The fraction of sp³-hybridized carbons (Fsp3) is 0.231. The first-order chi connectivity index (χ1) is 8.75. The molecule has 1 N–H and O–H groups in total. The fourth-order valence-electron chi connectivity index (χ4n) is 1.90. The summed E-state index contributed by atoms with van der Waals surface area (Å²) in [6.07, 6.45) is 2.15. The molecule has 0 fully saturated rings. The lowest BCUT2D eigenvalue weighted by Gasteiger charge is -2.21. The van der Waals surface area contributed by atoms with Gasteiger partial charge in [0.05, 0.1) is 17.5 Å². The van der Waals surface area contributed by atoms with Gasteiger partial charge in [-0.2, -0.15) is 0 Å². The average molecular weight is 267 g/mol. The van der Waals surface area contributed by atoms with Crippen LogP contribution in [-0.4, -0.2) is 18.3 Å². The zero-order valence-electron chi connectivity index (χ0n) is 9.43. The van der Waals surface area contributed by atoms with Crippen LogP contribution in [0.25, 0.3) is 0 Å². The highest BCUT2D eigenvalue weighted by atomic mass is 35.5. The molecule has 0 saturated carbocycles. The molecule has 1 unspecified atom stereocenters. The highest BCUT2D eigenvalue weighted by Crippen LogP contribution is 2.39. The summed E-state index contributed by atoms with van der Waals surface area (Å²) in [7, 11) is 0. The Labute approximate surface area is 109 Å². The molecule has 0 amide bonds. The van der Waals surface area contributed by atoms with Crippen molar-refractivity contribution >= 4 is 11.6 Å². The summed E-state index contributed by atoms with van der Waals surface area (Å²) < 4.78 is 15.8. The maximum absolute atomic E-state index is 10.2. The van der Waals surface area contributed by atoms with Crippen molar-refractivity contribution in [3.63, 3.8) is 0 Å². The van der Waals surface area contributed by atoms with Gasteiger partial charge in [0, 0.05) is 17.2 Å². The molecule has 2 heterocycles. The second-order valence-corrected chi connectivity index (χ2v) is 4.38. The van der Waals surface area contributed by atoms with Crippen molar-refractivity contribution < 1.29 is 19.0 Å². The van der Waals surface area contributed by atoms with E-state index in [-0.39, 0.29) is 0 Å². The smallest absolute Gasteiger partial charge is 0.162 e. The van der Waals surface area contributed by atoms with Crippen LogP contribution in [-0.2, 0) is 0 Å². The van der Waals surface area contributed by atoms with Crippen molar-refractivity contribution in [2.75, 3.05) is 13.2 Å². The van der Waals surface area contributed by atoms with E-state index in [1.165, 1.54) is 12.5 Å². The number of fused-ring (bicyclic) bond motifs is 1. The molecule has 1 aliphatic heterocycles. The third-order valence-corrected chi connectivity index (χ3v) is 3.14. The van der Waals surface area contributed by atoms with Gasteiger partial charge in [-0.1, -0.05) is 11.6 Å². The van der Waals surface area contributed by atoms with Crippen molar-refractivity contribution in [1.82, 2.24) is 0 Å². The average Bonchev–Trinajstić information content (AvgIpc) is 2.91. The normalized spacial score (nSPS) is 15.4. The van der Waals surface area contributed by atoms with Gasteiger partial charge >= 0.3 is 0 Å². The third kappa shape index (κ3) is 1.94. The minimum atomic E-state index is -0.841. The van der Waals surface area contributed by atoms with Gasteiger partial charge in [0.1, 0.15) is 19.3 Å². The van der Waals surface area contributed by atoms with Crippen LogP contribution in [0.15, 0.2) is 35.1 Å². The Balaban J connectivity index is 2.01. The molecule has 2 aromatic rings. The number of rotatable bonds is 2. The minimum Gasteiger partial charge on any atom is -0.486 e. The standard InChI is InChI=1S/C13H11ClO4/c14-10-6-12-11(17-3-4-18-12)5-9(10)13(15)8-1-2-16-7-8/h1-2,5-7,13,15H,3-4H2. The molecular formula is C13H11ClO4. The summed E-state index contributed by atoms with van der Waals surface area (Å²) in [5.41, 5.74) is 1.22. The number of furan rings is 1. The largest absolute Gasteiger partial charge is 0.486 e. The lowest BCUT2D eigenvalue weighted by molar-refractivity contribution is 0.169. The molecule has 1 atom stereocenters. The van der Waals surface area contributed by atoms with Crippen molar-refractivity contribution in [3.8, 4) is 11.5 Å². The number of ether oxygens (including phenoxy) is 2. The van der Waals surface area contributed by atoms with E-state index >= 15 is 0 Å². The Bertz CT molecular complexity index is 550. The highest BCUT2D eigenvalue weighted by molar-refractivity contribution is 6.31. The number of aliphatic hydroxyl groups is 1. The molecule has 0 aliphatic carbocycles. The number of aliphatic hydroxyl groups excluding tert-OH is 1. The van der Waals surface area contributed by atoms with Crippen molar-refractivity contribution in [3.05, 3.63) is 46.9 Å². The van der Waals surface area contributed by atoms with E-state index in [9.17, 15) is 5.11 Å². The van der Waals surface area contributed by atoms with Gasteiger partial charge in [0.15, 0.2) is 11.5 Å². The van der Waals surface area contributed by atoms with Gasteiger partial charge in [-0.25, -0.2) is 0 Å². The lowest BCUT2D eigenvalue weighted by atomic mass is 10.0. The first-order valence-corrected chi connectivity index (χ1v) is 5.92. The van der Waals surface area contributed by atoms with Gasteiger partial charge in [-0.3, -0.25) is 0 Å². The SMILES string of the molecule is OC(c1ccoc1)c1cc2c(cc1Cl)OCCO2. The molecule has 4 nitrogen and oxygen atoms in total. The van der Waals surface area contributed by atoms with Crippen LogP contribution in [0.3, 0.4) is 0 Å². The lowest BCUT2D eigenvalue weighted by Crippen LogP contribution is -2.16. The molecule has 3 rings (SSSR count). The Morgan fingerprint density at radius 2 is 1.89 bits per heavy atom. The number of hydrogen-bond donors (Lipinski definition) is 1. The molecule has 1 aromatic carbocycles. The molecule has 18 heavy (non-hydrogen) atoms. The Morgan fingerprint density at radius 3 is 2.56 bits per heavy atom. The molecule has 1 aliphatic rings. The molecule has 5 heteroatoms. The number of hydrogen-bond acceptors (Lipinski definition) is 4. The van der Waals surface area contributed by atoms with E-state index in [4.69, 9.17) is 25.5 Å². The van der Waals surface area contributed by atoms with E-state index in [1.54, 1.807) is 18.2 Å². The first-order valence-electron chi connectivity index (χ1n) is 5.55. The van der Waals surface area contributed by atoms with Crippen molar-refractivity contribution in [1.29, 1.82) is 0 Å². The quantitative estimate of drug-likeness (QED) is 0.908. The van der Waals surface area contributed by atoms with E-state index < -0.39 is 6.10 Å². The summed E-state index contributed by atoms with van der Waals surface area (Å²) in [5, 5.41) is 10.7. The fourth-order valence-corrected chi connectivity index (χ4v) is 2.16. The maximum Gasteiger partial charge on any atom is 0.162 e. The second-order valence-electron chi connectivity index (χ2n) is 3.98. The van der Waals surface area contributed by atoms with Crippen LogP contribution in [0.1, 0.15) is 17.2 Å². The van der Waals surface area contributed by atoms with Gasteiger partial charge in [-0.15, -0.1) is 0 Å². The van der Waals surface area contributed by atoms with Crippen molar-refractivity contribution in [2.45, 2.75) is 6.10 Å². The minimum absolute atomic E-state index is 0.438. The maximum atomic E-state index is 10.2. The molecule has 0 bridgehead atoms. The van der Waals surface area contributed by atoms with Crippen LogP contribution < -0.4 is 9.47 Å². The van der Waals surface area contributed by atoms with Crippen molar-refractivity contribution in [2.24, 2.45) is 0 Å². The Morgan fingerprint density at radius 1 is 1.17 bits per heavy atom. The zero-order chi connectivity index (χ0) is 12.5. The Hall–Kier alpha value is -1.65. The summed E-state index contributed by atoms with van der Waals surface area (Å²) >= 11 is 6.15. The topological polar surface area (TPSA) is 51.8 Å². The van der Waals surface area contributed by atoms with Crippen LogP contribution in [0.2, 0.25) is 5.02 Å². The summed E-state index contributed by atoms with van der Waals surface area (Å²) in [5.74, 6) is 1.21. The van der Waals surface area contributed by atoms with Gasteiger partial charge in [0.2, 0.25) is 0 Å². The number of halogens is 1. The molecule has 0 saturated heterocycles. The third-order valence-electron chi connectivity index (χ3n) is 2.82. The van der Waals surface area contributed by atoms with E-state index in [2.05, 4.69) is 0 Å². The predicted octanol–water partition coefficient (Wildman–Crippen LogP) is 2.79. The van der Waals surface area contributed by atoms with Gasteiger partial charge < -0.3 is 19.0 Å². The summed E-state index contributed by atoms with van der Waals surface area (Å²) in [6, 6.07) is 5.06. The molecule has 94 valence electrons. The first kappa shape index (κ1) is 11.4. The highest BCUT2D eigenvalue weighted by Gasteiger charge is 2.20. The van der Waals surface area contributed by atoms with E-state index in [0.29, 0.717) is 40.9 Å². The molecule has 0 spiro atoms. The monoisotopic (exact) mass is 266 g/mol. The van der Waals surface area contributed by atoms with Crippen LogP contribution in [0.4, 0.5) is 0 Å². The molecular weight excluding hydrogens is 256 g/mol. The van der Waals surface area contributed by atoms with Crippen LogP contribution in [0, 0.1) is 0 Å². The van der Waals surface area contributed by atoms with Crippen LogP contribution in [0.5, 0.6) is 11.5 Å². The van der Waals surface area contributed by atoms with Gasteiger partial charge in [-0.05, 0) is 12.1 Å². The molecule has 1 aromatic heterocycles. The van der Waals surface area contributed by atoms with Crippen LogP contribution >= 0.6 is 11.6 Å². The summed E-state index contributed by atoms with van der Waals surface area (Å²) in [6.45, 7) is 1.00. The second kappa shape index (κ2) is 4.55. The zero-order valence-corrected chi connectivity index (χ0v) is 10.2.